The summed E-state index contributed by atoms with van der Waals surface area (Å²) in [5.41, 5.74) is -0.669. The molecule has 8 nitrogen and oxygen atoms in total. The number of nitrogens with zero attached hydrogens (tertiary/aromatic N) is 1. The number of ether oxygens (including phenoxy) is 1. The summed E-state index contributed by atoms with van der Waals surface area (Å²) >= 11 is 0. The maximum absolute atomic E-state index is 12.1. The molecule has 0 unspecified atom stereocenters. The van der Waals surface area contributed by atoms with Gasteiger partial charge in [0.2, 0.25) is 5.91 Å². The Labute approximate surface area is 150 Å². The molecule has 0 aromatic rings. The van der Waals surface area contributed by atoms with E-state index in [1.807, 2.05) is 0 Å². The molecule has 146 valence electrons. The summed E-state index contributed by atoms with van der Waals surface area (Å²) in [4.78, 5) is 25.5. The number of nitrogens with one attached hydrogen (secondary N) is 1. The lowest BCUT2D eigenvalue weighted by Gasteiger charge is -2.36. The monoisotopic (exact) mass is 378 g/mol. The minimum Gasteiger partial charge on any atom is -0.444 e. The van der Waals surface area contributed by atoms with Crippen LogP contribution in [0.3, 0.4) is 0 Å². The third-order valence-corrected chi connectivity index (χ3v) is 5.04. The van der Waals surface area contributed by atoms with Crippen molar-refractivity contribution in [1.29, 1.82) is 0 Å². The number of alkyl carbamates (subject to hydrolysis) is 1. The fraction of sp³-hybridized carbons (Fsp3) is 0.875. The quantitative estimate of drug-likeness (QED) is 0.704. The van der Waals surface area contributed by atoms with Gasteiger partial charge in [0.05, 0.1) is 5.75 Å². The highest BCUT2D eigenvalue weighted by Crippen LogP contribution is 2.32. The Morgan fingerprint density at radius 2 is 1.84 bits per heavy atom. The van der Waals surface area contributed by atoms with Crippen molar-refractivity contribution < 1.29 is 27.3 Å². The molecule has 25 heavy (non-hydrogen) atoms. The molecular weight excluding hydrogens is 348 g/mol. The Morgan fingerprint density at radius 3 is 2.32 bits per heavy atom. The van der Waals surface area contributed by atoms with Crippen LogP contribution in [0.4, 0.5) is 4.79 Å². The molecule has 1 aliphatic carbocycles. The van der Waals surface area contributed by atoms with Crippen molar-refractivity contribution in [1.82, 2.24) is 10.2 Å². The SMILES string of the molecule is CN(C)C(=O)C[C@H]1CC[C@@H](CS(=O)(=O)O)[C@H](NC(=O)OC(C)(C)C)C1. The number of rotatable bonds is 5. The average Bonchev–Trinajstić information content (AvgIpc) is 2.37. The second-order valence-corrected chi connectivity index (χ2v) is 9.43. The van der Waals surface area contributed by atoms with Crippen LogP contribution in [0, 0.1) is 11.8 Å². The van der Waals surface area contributed by atoms with Gasteiger partial charge in [-0.05, 0) is 51.9 Å². The molecule has 1 saturated carbocycles. The summed E-state index contributed by atoms with van der Waals surface area (Å²) in [7, 11) is -0.782. The number of carbonyl (C=O) groups excluding carboxylic acids is 2. The number of hydrogen-bond donors (Lipinski definition) is 2. The predicted octanol–water partition coefficient (Wildman–Crippen LogP) is 1.66. The van der Waals surface area contributed by atoms with E-state index in [9.17, 15) is 18.0 Å². The van der Waals surface area contributed by atoms with Gasteiger partial charge in [-0.15, -0.1) is 0 Å². The van der Waals surface area contributed by atoms with Crippen LogP contribution in [-0.2, 0) is 19.6 Å². The van der Waals surface area contributed by atoms with E-state index < -0.39 is 39.5 Å². The van der Waals surface area contributed by atoms with Gasteiger partial charge in [-0.25, -0.2) is 4.79 Å². The first-order valence-electron chi connectivity index (χ1n) is 8.41. The van der Waals surface area contributed by atoms with Crippen LogP contribution >= 0.6 is 0 Å². The first-order chi connectivity index (χ1) is 11.3. The van der Waals surface area contributed by atoms with E-state index in [2.05, 4.69) is 5.32 Å². The fourth-order valence-electron chi connectivity index (χ4n) is 3.04. The second kappa shape index (κ2) is 8.35. The summed E-state index contributed by atoms with van der Waals surface area (Å²) < 4.78 is 36.9. The average molecular weight is 378 g/mol. The zero-order valence-corrected chi connectivity index (χ0v) is 16.4. The molecule has 2 N–H and O–H groups in total. The van der Waals surface area contributed by atoms with Crippen LogP contribution in [0.2, 0.25) is 0 Å². The molecule has 9 heteroatoms. The zero-order valence-electron chi connectivity index (χ0n) is 15.6. The van der Waals surface area contributed by atoms with Gasteiger partial charge in [-0.1, -0.05) is 0 Å². The third kappa shape index (κ3) is 8.53. The topological polar surface area (TPSA) is 113 Å². The molecule has 0 radical (unpaired) electrons. The molecule has 0 bridgehead atoms. The van der Waals surface area contributed by atoms with E-state index in [1.54, 1.807) is 34.9 Å². The van der Waals surface area contributed by atoms with Crippen molar-refractivity contribution in [2.75, 3.05) is 19.8 Å². The van der Waals surface area contributed by atoms with Crippen LogP contribution in [0.1, 0.15) is 46.5 Å². The standard InChI is InChI=1S/C16H30N2O6S/c1-16(2,3)24-15(20)17-13-8-11(9-14(19)18(4)5)6-7-12(13)10-25(21,22)23/h11-13H,6-10H2,1-5H3,(H,17,20)(H,21,22,23)/t11-,12-,13+/m0/s1. The molecule has 0 aromatic carbocycles. The molecule has 0 saturated heterocycles. The Hall–Kier alpha value is -1.35. The molecule has 1 aliphatic rings. The summed E-state index contributed by atoms with van der Waals surface area (Å²) in [6.45, 7) is 5.21. The van der Waals surface area contributed by atoms with Gasteiger partial charge in [0.25, 0.3) is 10.1 Å². The molecule has 0 aliphatic heterocycles. The Balaban J connectivity index is 2.80. The lowest BCUT2D eigenvalue weighted by molar-refractivity contribution is -0.130. The van der Waals surface area contributed by atoms with Crippen molar-refractivity contribution in [3.05, 3.63) is 0 Å². The van der Waals surface area contributed by atoms with Gasteiger partial charge in [0.1, 0.15) is 5.60 Å². The van der Waals surface area contributed by atoms with Crippen LogP contribution in [0.25, 0.3) is 0 Å². The molecule has 0 spiro atoms. The molecule has 1 fully saturated rings. The van der Waals surface area contributed by atoms with Crippen molar-refractivity contribution in [2.24, 2.45) is 11.8 Å². The van der Waals surface area contributed by atoms with E-state index in [1.165, 1.54) is 4.90 Å². The van der Waals surface area contributed by atoms with E-state index in [0.29, 0.717) is 25.7 Å². The first-order valence-corrected chi connectivity index (χ1v) is 10.0. The highest BCUT2D eigenvalue weighted by molar-refractivity contribution is 7.85. The number of hydrogen-bond acceptors (Lipinski definition) is 5. The van der Waals surface area contributed by atoms with E-state index >= 15 is 0 Å². The largest absolute Gasteiger partial charge is 0.444 e. The smallest absolute Gasteiger partial charge is 0.407 e. The summed E-state index contributed by atoms with van der Waals surface area (Å²) in [5, 5.41) is 2.72. The lowest BCUT2D eigenvalue weighted by atomic mass is 9.77. The lowest BCUT2D eigenvalue weighted by Crippen LogP contribution is -2.48. The number of carbonyl (C=O) groups is 2. The molecule has 0 heterocycles. The van der Waals surface area contributed by atoms with Crippen LogP contribution < -0.4 is 5.32 Å². The fourth-order valence-corrected chi connectivity index (χ4v) is 3.98. The minimum absolute atomic E-state index is 0.00533. The molecule has 0 aromatic heterocycles. The van der Waals surface area contributed by atoms with Crippen LogP contribution in [-0.4, -0.2) is 61.4 Å². The van der Waals surface area contributed by atoms with Gasteiger partial charge in [-0.2, -0.15) is 8.42 Å². The summed E-state index contributed by atoms with van der Waals surface area (Å²) in [5.74, 6) is -0.781. The maximum atomic E-state index is 12.1. The maximum Gasteiger partial charge on any atom is 0.407 e. The van der Waals surface area contributed by atoms with Crippen LogP contribution in [0.5, 0.6) is 0 Å². The van der Waals surface area contributed by atoms with Crippen molar-refractivity contribution in [2.45, 2.75) is 58.1 Å². The molecule has 2 amide bonds. The Kier molecular flexibility index (Phi) is 7.25. The van der Waals surface area contributed by atoms with Gasteiger partial charge in [0.15, 0.2) is 0 Å². The van der Waals surface area contributed by atoms with E-state index in [-0.39, 0.29) is 11.8 Å². The number of amides is 2. The van der Waals surface area contributed by atoms with Gasteiger partial charge in [0, 0.05) is 26.6 Å². The van der Waals surface area contributed by atoms with Crippen molar-refractivity contribution in [3.63, 3.8) is 0 Å². The normalized spacial score (nSPS) is 24.5. The van der Waals surface area contributed by atoms with Crippen molar-refractivity contribution >= 4 is 22.1 Å². The van der Waals surface area contributed by atoms with Crippen molar-refractivity contribution in [3.8, 4) is 0 Å². The molecule has 3 atom stereocenters. The second-order valence-electron chi connectivity index (χ2n) is 7.93. The van der Waals surface area contributed by atoms with Gasteiger partial charge in [-0.3, -0.25) is 9.35 Å². The van der Waals surface area contributed by atoms with Crippen LogP contribution in [0.15, 0.2) is 0 Å². The highest BCUT2D eigenvalue weighted by Gasteiger charge is 2.35. The zero-order chi connectivity index (χ0) is 19.4. The van der Waals surface area contributed by atoms with Gasteiger partial charge >= 0.3 is 6.09 Å². The summed E-state index contributed by atoms with van der Waals surface area (Å²) in [6, 6.07) is -0.467. The van der Waals surface area contributed by atoms with Gasteiger partial charge < -0.3 is 15.0 Å². The Morgan fingerprint density at radius 1 is 1.24 bits per heavy atom. The van der Waals surface area contributed by atoms with E-state index in [0.717, 1.165) is 0 Å². The third-order valence-electron chi connectivity index (χ3n) is 4.19. The predicted molar refractivity (Wildman–Crippen MR) is 93.7 cm³/mol. The minimum atomic E-state index is -4.15. The molecular formula is C16H30N2O6S. The highest BCUT2D eigenvalue weighted by atomic mass is 32.2. The molecule has 1 rings (SSSR count). The first kappa shape index (κ1) is 21.7. The summed E-state index contributed by atoms with van der Waals surface area (Å²) in [6.07, 6.45) is 1.37. The van der Waals surface area contributed by atoms with E-state index in [4.69, 9.17) is 9.29 Å². The Bertz CT molecular complexity index is 582.